The summed E-state index contributed by atoms with van der Waals surface area (Å²) in [6.45, 7) is 0.342. The molecule has 0 atom stereocenters. The monoisotopic (exact) mass is 379 g/mol. The molecule has 0 saturated carbocycles. The van der Waals surface area contributed by atoms with Crippen LogP contribution < -0.4 is 9.47 Å². The van der Waals surface area contributed by atoms with Gasteiger partial charge in [0.05, 0.1) is 18.4 Å². The average Bonchev–Trinajstić information content (AvgIpc) is 3.21. The van der Waals surface area contributed by atoms with Crippen molar-refractivity contribution >= 4 is 23.4 Å². The minimum atomic E-state index is -0.386. The van der Waals surface area contributed by atoms with Gasteiger partial charge in [-0.1, -0.05) is 18.2 Å². The molecule has 2 heterocycles. The second kappa shape index (κ2) is 7.63. The van der Waals surface area contributed by atoms with Crippen molar-refractivity contribution in [3.8, 4) is 22.1 Å². The first-order valence-electron chi connectivity index (χ1n) is 8.41. The standard InChI is InChI=1S/C21H17NO4S/c1-24-18-8-6-14(7-9-18)20-22-17(13-27-20)12-26-21(23)16-10-15-4-2-3-5-19(15)25-11-16/h2-10,13H,11-12H2,1H3. The van der Waals surface area contributed by atoms with Crippen LogP contribution in [0.2, 0.25) is 0 Å². The van der Waals surface area contributed by atoms with E-state index in [-0.39, 0.29) is 19.2 Å². The number of carbonyl (C=O) groups is 1. The van der Waals surface area contributed by atoms with Crippen molar-refractivity contribution < 1.29 is 19.0 Å². The lowest BCUT2D eigenvalue weighted by Gasteiger charge is -2.16. The molecule has 0 bridgehead atoms. The lowest BCUT2D eigenvalue weighted by Crippen LogP contribution is -2.17. The van der Waals surface area contributed by atoms with Crippen LogP contribution in [0.25, 0.3) is 16.6 Å². The van der Waals surface area contributed by atoms with E-state index in [9.17, 15) is 4.79 Å². The third-order valence-corrected chi connectivity index (χ3v) is 5.07. The summed E-state index contributed by atoms with van der Waals surface area (Å²) in [6.07, 6.45) is 1.81. The maximum absolute atomic E-state index is 12.3. The lowest BCUT2D eigenvalue weighted by atomic mass is 10.1. The maximum atomic E-state index is 12.3. The number of hydrogen-bond acceptors (Lipinski definition) is 6. The molecule has 3 aromatic rings. The molecular weight excluding hydrogens is 362 g/mol. The van der Waals surface area contributed by atoms with Crippen LogP contribution in [-0.2, 0) is 16.1 Å². The Morgan fingerprint density at radius 1 is 1.19 bits per heavy atom. The Bertz CT molecular complexity index is 991. The van der Waals surface area contributed by atoms with Crippen molar-refractivity contribution in [1.82, 2.24) is 4.98 Å². The van der Waals surface area contributed by atoms with Gasteiger partial charge in [0.25, 0.3) is 0 Å². The Labute approximate surface area is 160 Å². The fraction of sp³-hybridized carbons (Fsp3) is 0.143. The van der Waals surface area contributed by atoms with Crippen LogP contribution in [0.4, 0.5) is 0 Å². The Kier molecular flexibility index (Phi) is 4.89. The number of esters is 1. The highest BCUT2D eigenvalue weighted by molar-refractivity contribution is 7.13. The predicted octanol–water partition coefficient (Wildman–Crippen LogP) is 4.34. The Balaban J connectivity index is 1.40. The average molecular weight is 379 g/mol. The highest BCUT2D eigenvalue weighted by atomic mass is 32.1. The van der Waals surface area contributed by atoms with Gasteiger partial charge in [-0.15, -0.1) is 11.3 Å². The second-order valence-electron chi connectivity index (χ2n) is 5.94. The molecule has 1 aliphatic heterocycles. The molecule has 0 unspecified atom stereocenters. The Hall–Kier alpha value is -3.12. The largest absolute Gasteiger partial charge is 0.497 e. The van der Waals surface area contributed by atoms with Gasteiger partial charge in [-0.25, -0.2) is 9.78 Å². The van der Waals surface area contributed by atoms with Crippen molar-refractivity contribution in [2.75, 3.05) is 13.7 Å². The Morgan fingerprint density at radius 2 is 2.00 bits per heavy atom. The number of rotatable bonds is 5. The summed E-state index contributed by atoms with van der Waals surface area (Å²) in [5.41, 5.74) is 3.10. The van der Waals surface area contributed by atoms with Crippen molar-refractivity contribution in [3.05, 3.63) is 70.7 Å². The van der Waals surface area contributed by atoms with E-state index >= 15 is 0 Å². The van der Waals surface area contributed by atoms with E-state index in [1.807, 2.05) is 60.0 Å². The number of para-hydroxylation sites is 1. The molecule has 0 spiro atoms. The molecule has 0 amide bonds. The van der Waals surface area contributed by atoms with Crippen LogP contribution in [0.1, 0.15) is 11.3 Å². The Morgan fingerprint density at radius 3 is 2.81 bits per heavy atom. The molecule has 1 aromatic heterocycles. The third-order valence-electron chi connectivity index (χ3n) is 4.13. The van der Waals surface area contributed by atoms with Gasteiger partial charge in [-0.3, -0.25) is 0 Å². The topological polar surface area (TPSA) is 57.7 Å². The second-order valence-corrected chi connectivity index (χ2v) is 6.80. The molecule has 0 fully saturated rings. The zero-order valence-electron chi connectivity index (χ0n) is 14.7. The number of hydrogen-bond donors (Lipinski definition) is 0. The number of thiazole rings is 1. The summed E-state index contributed by atoms with van der Waals surface area (Å²) in [6, 6.07) is 15.3. The molecule has 136 valence electrons. The van der Waals surface area contributed by atoms with E-state index in [4.69, 9.17) is 14.2 Å². The molecule has 2 aromatic carbocycles. The minimum Gasteiger partial charge on any atom is -0.497 e. The van der Waals surface area contributed by atoms with E-state index in [1.54, 1.807) is 7.11 Å². The van der Waals surface area contributed by atoms with Crippen LogP contribution in [0.5, 0.6) is 11.5 Å². The number of nitrogens with zero attached hydrogens (tertiary/aromatic N) is 1. The zero-order valence-corrected chi connectivity index (χ0v) is 15.5. The molecular formula is C21H17NO4S. The maximum Gasteiger partial charge on any atom is 0.337 e. The molecule has 0 saturated heterocycles. The van der Waals surface area contributed by atoms with Gasteiger partial charge < -0.3 is 14.2 Å². The summed E-state index contributed by atoms with van der Waals surface area (Å²) in [7, 11) is 1.64. The van der Waals surface area contributed by atoms with E-state index in [0.29, 0.717) is 5.57 Å². The normalized spacial score (nSPS) is 12.6. The summed E-state index contributed by atoms with van der Waals surface area (Å²) in [5, 5.41) is 2.77. The quantitative estimate of drug-likeness (QED) is 0.617. The molecule has 0 N–H and O–H groups in total. The molecule has 0 radical (unpaired) electrons. The van der Waals surface area contributed by atoms with Crippen LogP contribution in [0, 0.1) is 0 Å². The first-order valence-corrected chi connectivity index (χ1v) is 9.29. The molecule has 5 nitrogen and oxygen atoms in total. The van der Waals surface area contributed by atoms with Crippen LogP contribution in [0.15, 0.2) is 59.5 Å². The SMILES string of the molecule is COc1ccc(-c2nc(COC(=O)C3=Cc4ccccc4OC3)cs2)cc1. The van der Waals surface area contributed by atoms with Gasteiger partial charge in [0.2, 0.25) is 0 Å². The fourth-order valence-electron chi connectivity index (χ4n) is 2.71. The summed E-state index contributed by atoms with van der Waals surface area (Å²) in [5.74, 6) is 1.19. The first kappa shape index (κ1) is 17.3. The van der Waals surface area contributed by atoms with Gasteiger partial charge in [-0.05, 0) is 36.4 Å². The molecule has 1 aliphatic rings. The van der Waals surface area contributed by atoms with Crippen LogP contribution >= 0.6 is 11.3 Å². The number of benzene rings is 2. The van der Waals surface area contributed by atoms with Gasteiger partial charge in [-0.2, -0.15) is 0 Å². The lowest BCUT2D eigenvalue weighted by molar-refractivity contribution is -0.140. The number of carbonyl (C=O) groups excluding carboxylic acids is 1. The van der Waals surface area contributed by atoms with Crippen molar-refractivity contribution in [2.45, 2.75) is 6.61 Å². The molecule has 4 rings (SSSR count). The summed E-state index contributed by atoms with van der Waals surface area (Å²) < 4.78 is 16.2. The zero-order chi connectivity index (χ0) is 18.6. The number of ether oxygens (including phenoxy) is 3. The van der Waals surface area contributed by atoms with Crippen LogP contribution in [0.3, 0.4) is 0 Å². The number of methoxy groups -OCH3 is 1. The fourth-order valence-corrected chi connectivity index (χ4v) is 3.52. The van der Waals surface area contributed by atoms with Gasteiger partial charge in [0, 0.05) is 16.5 Å². The highest BCUT2D eigenvalue weighted by Gasteiger charge is 2.18. The van der Waals surface area contributed by atoms with E-state index in [0.717, 1.165) is 33.3 Å². The predicted molar refractivity (Wildman–Crippen MR) is 104 cm³/mol. The van der Waals surface area contributed by atoms with Gasteiger partial charge in [0.1, 0.15) is 29.7 Å². The third kappa shape index (κ3) is 3.85. The smallest absolute Gasteiger partial charge is 0.337 e. The first-order chi connectivity index (χ1) is 13.2. The molecule has 27 heavy (non-hydrogen) atoms. The van der Waals surface area contributed by atoms with E-state index < -0.39 is 0 Å². The van der Waals surface area contributed by atoms with E-state index in [2.05, 4.69) is 4.98 Å². The van der Waals surface area contributed by atoms with Gasteiger partial charge >= 0.3 is 5.97 Å². The van der Waals surface area contributed by atoms with Crippen molar-refractivity contribution in [1.29, 1.82) is 0 Å². The van der Waals surface area contributed by atoms with Crippen LogP contribution in [-0.4, -0.2) is 24.7 Å². The van der Waals surface area contributed by atoms with Gasteiger partial charge in [0.15, 0.2) is 0 Å². The van der Waals surface area contributed by atoms with E-state index in [1.165, 1.54) is 11.3 Å². The van der Waals surface area contributed by atoms with Crippen molar-refractivity contribution in [3.63, 3.8) is 0 Å². The number of fused-ring (bicyclic) bond motifs is 1. The summed E-state index contributed by atoms with van der Waals surface area (Å²) >= 11 is 1.51. The minimum absolute atomic E-state index is 0.129. The molecule has 0 aliphatic carbocycles. The number of aromatic nitrogens is 1. The highest BCUT2D eigenvalue weighted by Crippen LogP contribution is 2.27. The van der Waals surface area contributed by atoms with Crippen molar-refractivity contribution in [2.24, 2.45) is 0 Å². The summed E-state index contributed by atoms with van der Waals surface area (Å²) in [4.78, 5) is 16.9. The molecule has 6 heteroatoms.